The molecule has 2 nitrogen and oxygen atoms in total. The molecule has 0 aliphatic rings. The van der Waals surface area contributed by atoms with Gasteiger partial charge in [0.15, 0.2) is 0 Å². The van der Waals surface area contributed by atoms with Gasteiger partial charge in [0.25, 0.3) is 0 Å². The van der Waals surface area contributed by atoms with Gasteiger partial charge < -0.3 is 5.11 Å². The molecule has 1 N–H and O–H groups in total. The molecule has 0 aromatic rings. The maximum Gasteiger partial charge on any atom is 0.319 e. The van der Waals surface area contributed by atoms with Gasteiger partial charge in [0.2, 0.25) is 0 Å². The molecule has 126 valence electrons. The second-order valence-corrected chi connectivity index (χ2v) is 8.18. The van der Waals surface area contributed by atoms with Crippen molar-refractivity contribution >= 4 is 18.6 Å². The lowest BCUT2D eigenvalue weighted by atomic mass is 9.92. The number of thiol groups is 1. The van der Waals surface area contributed by atoms with Crippen LogP contribution in [0.5, 0.6) is 0 Å². The van der Waals surface area contributed by atoms with Crippen molar-refractivity contribution in [3.05, 3.63) is 0 Å². The molecule has 0 unspecified atom stereocenters. The number of carboxylic acids is 1. The SMILES string of the molecule is CC(C)CCCCCC(S)(CCCCCC(C)C)C(=O)O. The number of carboxylic acid groups (broad SMARTS) is 1. The number of rotatable bonds is 13. The van der Waals surface area contributed by atoms with Crippen LogP contribution in [0.1, 0.15) is 91.9 Å². The summed E-state index contributed by atoms with van der Waals surface area (Å²) in [5.41, 5.74) is 0. The van der Waals surface area contributed by atoms with E-state index < -0.39 is 10.7 Å². The average Bonchev–Trinajstić information content (AvgIpc) is 2.37. The summed E-state index contributed by atoms with van der Waals surface area (Å²) in [6.45, 7) is 8.93. The van der Waals surface area contributed by atoms with Gasteiger partial charge in [-0.2, -0.15) is 12.6 Å². The van der Waals surface area contributed by atoms with Crippen LogP contribution in [0.25, 0.3) is 0 Å². The predicted octanol–water partition coefficient (Wildman–Crippen LogP) is 5.95. The lowest BCUT2D eigenvalue weighted by Gasteiger charge is -2.24. The maximum absolute atomic E-state index is 11.5. The molecule has 0 fully saturated rings. The molecular formula is C18H36O2S. The minimum absolute atomic E-state index is 0.702. The van der Waals surface area contributed by atoms with Gasteiger partial charge in [0, 0.05) is 0 Å². The molecule has 0 radical (unpaired) electrons. The topological polar surface area (TPSA) is 37.3 Å². The standard InChI is InChI=1S/C18H36O2S/c1-15(2)11-7-5-9-13-18(21,17(19)20)14-10-6-8-12-16(3)4/h15-16,21H,5-14H2,1-4H3,(H,19,20). The van der Waals surface area contributed by atoms with Crippen molar-refractivity contribution in [1.29, 1.82) is 0 Å². The van der Waals surface area contributed by atoms with E-state index in [-0.39, 0.29) is 0 Å². The smallest absolute Gasteiger partial charge is 0.319 e. The summed E-state index contributed by atoms with van der Waals surface area (Å²) in [6.07, 6.45) is 10.5. The second kappa shape index (κ2) is 11.4. The summed E-state index contributed by atoms with van der Waals surface area (Å²) in [7, 11) is 0. The first kappa shape index (κ1) is 20.8. The van der Waals surface area contributed by atoms with Gasteiger partial charge in [0.1, 0.15) is 4.75 Å². The fourth-order valence-electron chi connectivity index (χ4n) is 2.63. The average molecular weight is 317 g/mol. The Hall–Kier alpha value is -0.180. The van der Waals surface area contributed by atoms with Gasteiger partial charge in [-0.15, -0.1) is 0 Å². The lowest BCUT2D eigenvalue weighted by molar-refractivity contribution is -0.140. The summed E-state index contributed by atoms with van der Waals surface area (Å²) >= 11 is 4.50. The maximum atomic E-state index is 11.5. The summed E-state index contributed by atoms with van der Waals surface area (Å²) in [5.74, 6) is 0.746. The third-order valence-corrected chi connectivity index (χ3v) is 4.78. The van der Waals surface area contributed by atoms with E-state index in [4.69, 9.17) is 0 Å². The molecule has 0 aliphatic heterocycles. The first-order chi connectivity index (χ1) is 9.78. The largest absolute Gasteiger partial charge is 0.480 e. The molecule has 0 heterocycles. The van der Waals surface area contributed by atoms with Gasteiger partial charge in [-0.05, 0) is 24.7 Å². The number of aliphatic carboxylic acids is 1. The number of hydrogen-bond donors (Lipinski definition) is 2. The third-order valence-electron chi connectivity index (χ3n) is 4.14. The Kier molecular flexibility index (Phi) is 11.3. The highest BCUT2D eigenvalue weighted by atomic mass is 32.1. The highest BCUT2D eigenvalue weighted by Crippen LogP contribution is 2.30. The molecular weight excluding hydrogens is 280 g/mol. The molecule has 0 aliphatic carbocycles. The minimum Gasteiger partial charge on any atom is -0.480 e. The quantitative estimate of drug-likeness (QED) is 0.325. The van der Waals surface area contributed by atoms with Crippen molar-refractivity contribution in [2.45, 2.75) is 96.7 Å². The Labute approximate surface area is 137 Å². The number of hydrogen-bond acceptors (Lipinski definition) is 2. The fraction of sp³-hybridized carbons (Fsp3) is 0.944. The van der Waals surface area contributed by atoms with Crippen LogP contribution in [0.3, 0.4) is 0 Å². The van der Waals surface area contributed by atoms with E-state index in [0.717, 1.165) is 37.5 Å². The van der Waals surface area contributed by atoms with E-state index in [2.05, 4.69) is 40.3 Å². The van der Waals surface area contributed by atoms with Crippen molar-refractivity contribution in [2.24, 2.45) is 11.8 Å². The van der Waals surface area contributed by atoms with Gasteiger partial charge in [0.05, 0.1) is 0 Å². The van der Waals surface area contributed by atoms with E-state index in [1.54, 1.807) is 0 Å². The molecule has 0 atom stereocenters. The Balaban J connectivity index is 3.92. The molecule has 0 bridgehead atoms. The van der Waals surface area contributed by atoms with E-state index in [1.165, 1.54) is 25.7 Å². The van der Waals surface area contributed by atoms with Crippen LogP contribution in [-0.4, -0.2) is 15.8 Å². The van der Waals surface area contributed by atoms with Gasteiger partial charge >= 0.3 is 5.97 Å². The molecule has 0 spiro atoms. The minimum atomic E-state index is -0.810. The summed E-state index contributed by atoms with van der Waals surface area (Å²) < 4.78 is -0.810. The molecule has 0 amide bonds. The normalized spacial score (nSPS) is 12.3. The molecule has 0 saturated carbocycles. The molecule has 0 saturated heterocycles. The van der Waals surface area contributed by atoms with Crippen LogP contribution in [0.15, 0.2) is 0 Å². The predicted molar refractivity (Wildman–Crippen MR) is 95.2 cm³/mol. The van der Waals surface area contributed by atoms with E-state index in [9.17, 15) is 9.90 Å². The lowest BCUT2D eigenvalue weighted by Crippen LogP contribution is -2.32. The zero-order chi connectivity index (χ0) is 16.3. The number of carbonyl (C=O) groups is 1. The van der Waals surface area contributed by atoms with Gasteiger partial charge in [-0.25, -0.2) is 0 Å². The van der Waals surface area contributed by atoms with Crippen molar-refractivity contribution in [3.8, 4) is 0 Å². The Morgan fingerprint density at radius 2 is 1.24 bits per heavy atom. The molecule has 3 heteroatoms. The fourth-order valence-corrected chi connectivity index (χ4v) is 2.95. The zero-order valence-corrected chi connectivity index (χ0v) is 15.4. The van der Waals surface area contributed by atoms with E-state index >= 15 is 0 Å². The van der Waals surface area contributed by atoms with Crippen molar-refractivity contribution in [1.82, 2.24) is 0 Å². The van der Waals surface area contributed by atoms with Crippen LogP contribution >= 0.6 is 12.6 Å². The third kappa shape index (κ3) is 11.1. The summed E-state index contributed by atoms with van der Waals surface area (Å²) in [5, 5.41) is 9.45. The Morgan fingerprint density at radius 3 is 1.52 bits per heavy atom. The van der Waals surface area contributed by atoms with Crippen LogP contribution in [0.4, 0.5) is 0 Å². The highest BCUT2D eigenvalue weighted by molar-refractivity contribution is 7.82. The van der Waals surface area contributed by atoms with Crippen LogP contribution < -0.4 is 0 Å². The molecule has 21 heavy (non-hydrogen) atoms. The van der Waals surface area contributed by atoms with E-state index in [0.29, 0.717) is 12.8 Å². The molecule has 0 rings (SSSR count). The van der Waals surface area contributed by atoms with Crippen LogP contribution in [0.2, 0.25) is 0 Å². The Morgan fingerprint density at radius 1 is 0.857 bits per heavy atom. The monoisotopic (exact) mass is 316 g/mol. The first-order valence-corrected chi connectivity index (χ1v) is 9.18. The first-order valence-electron chi connectivity index (χ1n) is 8.73. The summed E-state index contributed by atoms with van der Waals surface area (Å²) in [4.78, 5) is 11.5. The summed E-state index contributed by atoms with van der Waals surface area (Å²) in [6, 6.07) is 0. The van der Waals surface area contributed by atoms with Gasteiger partial charge in [-0.3, -0.25) is 4.79 Å². The van der Waals surface area contributed by atoms with Crippen molar-refractivity contribution in [2.75, 3.05) is 0 Å². The van der Waals surface area contributed by atoms with Crippen LogP contribution in [-0.2, 0) is 4.79 Å². The second-order valence-electron chi connectivity index (χ2n) is 7.32. The van der Waals surface area contributed by atoms with E-state index in [1.807, 2.05) is 0 Å². The van der Waals surface area contributed by atoms with Crippen molar-refractivity contribution in [3.63, 3.8) is 0 Å². The molecule has 0 aromatic carbocycles. The van der Waals surface area contributed by atoms with Gasteiger partial charge in [-0.1, -0.05) is 79.1 Å². The number of unbranched alkanes of at least 4 members (excludes halogenated alkanes) is 4. The van der Waals surface area contributed by atoms with Crippen LogP contribution in [0, 0.1) is 11.8 Å². The van der Waals surface area contributed by atoms with Crippen molar-refractivity contribution < 1.29 is 9.90 Å². The molecule has 0 aromatic heterocycles. The Bertz CT molecular complexity index is 256. The highest BCUT2D eigenvalue weighted by Gasteiger charge is 2.32. The zero-order valence-electron chi connectivity index (χ0n) is 14.5.